The summed E-state index contributed by atoms with van der Waals surface area (Å²) in [7, 11) is 3.95. The summed E-state index contributed by atoms with van der Waals surface area (Å²) in [5.41, 5.74) is -0.654. The zero-order chi connectivity index (χ0) is 26.1. The van der Waals surface area contributed by atoms with E-state index < -0.39 is 17.4 Å². The van der Waals surface area contributed by atoms with E-state index in [0.717, 1.165) is 31.6 Å². The Labute approximate surface area is 216 Å². The van der Waals surface area contributed by atoms with Gasteiger partial charge in [-0.3, -0.25) is 19.4 Å². The van der Waals surface area contributed by atoms with Crippen LogP contribution < -0.4 is 10.6 Å². The number of hydrogen-bond acceptors (Lipinski definition) is 9. The van der Waals surface area contributed by atoms with E-state index in [0.29, 0.717) is 30.0 Å². The van der Waals surface area contributed by atoms with Crippen LogP contribution in [0.15, 0.2) is 34.2 Å². The quantitative estimate of drug-likeness (QED) is 0.323. The van der Waals surface area contributed by atoms with Gasteiger partial charge in [0.2, 0.25) is 11.7 Å². The zero-order valence-electron chi connectivity index (χ0n) is 21.5. The van der Waals surface area contributed by atoms with Crippen LogP contribution in [0.1, 0.15) is 73.4 Å². The van der Waals surface area contributed by atoms with Gasteiger partial charge in [-0.1, -0.05) is 44.9 Å². The van der Waals surface area contributed by atoms with Crippen LogP contribution in [-0.2, 0) is 4.79 Å². The van der Waals surface area contributed by atoms with Crippen molar-refractivity contribution in [3.8, 4) is 0 Å². The van der Waals surface area contributed by atoms with Crippen LogP contribution in [0.5, 0.6) is 0 Å². The fourth-order valence-corrected chi connectivity index (χ4v) is 5.06. The summed E-state index contributed by atoms with van der Waals surface area (Å²) in [6, 6.07) is 2.38. The first-order valence-corrected chi connectivity index (χ1v) is 13.4. The van der Waals surface area contributed by atoms with E-state index in [1.165, 1.54) is 24.2 Å². The van der Waals surface area contributed by atoms with Crippen LogP contribution in [0.3, 0.4) is 0 Å². The van der Waals surface area contributed by atoms with E-state index in [9.17, 15) is 14.4 Å². The summed E-state index contributed by atoms with van der Waals surface area (Å²) >= 11 is 1.38. The molecular formula is C25H36N6O4S. The van der Waals surface area contributed by atoms with Crippen LogP contribution in [0.25, 0.3) is 0 Å². The third kappa shape index (κ3) is 7.60. The fourth-order valence-electron chi connectivity index (χ4n) is 4.19. The molecule has 1 aliphatic carbocycles. The lowest BCUT2D eigenvalue weighted by Crippen LogP contribution is -2.62. The summed E-state index contributed by atoms with van der Waals surface area (Å²) < 4.78 is 5.61. The molecule has 0 spiro atoms. The van der Waals surface area contributed by atoms with Crippen molar-refractivity contribution in [1.82, 2.24) is 30.7 Å². The van der Waals surface area contributed by atoms with Crippen LogP contribution in [0, 0.1) is 5.92 Å². The summed E-state index contributed by atoms with van der Waals surface area (Å²) in [5, 5.41) is 14.1. The van der Waals surface area contributed by atoms with E-state index in [-0.39, 0.29) is 23.6 Å². The van der Waals surface area contributed by atoms with Gasteiger partial charge in [0, 0.05) is 30.3 Å². The van der Waals surface area contributed by atoms with Gasteiger partial charge in [0.1, 0.15) is 5.54 Å². The number of Topliss-reactive ketones (excluding diaryl/α,β-unsaturated/α-hetero) is 1. The molecule has 0 saturated heterocycles. The first-order chi connectivity index (χ1) is 17.2. The number of nitrogens with one attached hydrogen (secondary N) is 2. The summed E-state index contributed by atoms with van der Waals surface area (Å²) in [4.78, 5) is 45.9. The molecule has 2 aromatic rings. The smallest absolute Gasteiger partial charge is 0.286 e. The van der Waals surface area contributed by atoms with Gasteiger partial charge in [0.25, 0.3) is 17.0 Å². The predicted molar refractivity (Wildman–Crippen MR) is 137 cm³/mol. The normalized spacial score (nSPS) is 16.1. The lowest BCUT2D eigenvalue weighted by atomic mass is 9.80. The van der Waals surface area contributed by atoms with Gasteiger partial charge < -0.3 is 20.0 Å². The van der Waals surface area contributed by atoms with E-state index >= 15 is 0 Å². The van der Waals surface area contributed by atoms with Crippen molar-refractivity contribution in [2.75, 3.05) is 26.4 Å². The molecule has 196 valence electrons. The Kier molecular flexibility index (Phi) is 10.0. The zero-order valence-corrected chi connectivity index (χ0v) is 22.3. The fraction of sp³-hybridized carbons (Fsp3) is 0.600. The predicted octanol–water partition coefficient (Wildman–Crippen LogP) is 2.96. The molecule has 1 aliphatic rings. The molecule has 0 aromatic carbocycles. The molecule has 10 nitrogen and oxygen atoms in total. The van der Waals surface area contributed by atoms with Crippen molar-refractivity contribution in [3.05, 3.63) is 36.0 Å². The first kappa shape index (κ1) is 27.8. The molecule has 0 aliphatic heterocycles. The highest BCUT2D eigenvalue weighted by atomic mass is 32.2. The molecule has 2 amide bonds. The van der Waals surface area contributed by atoms with Crippen molar-refractivity contribution in [2.45, 2.75) is 69.2 Å². The molecule has 36 heavy (non-hydrogen) atoms. The Morgan fingerprint density at radius 2 is 1.81 bits per heavy atom. The molecule has 1 fully saturated rings. The second-order valence-electron chi connectivity index (χ2n) is 9.88. The van der Waals surface area contributed by atoms with Crippen LogP contribution in [0.2, 0.25) is 0 Å². The highest BCUT2D eigenvalue weighted by molar-refractivity contribution is 7.99. The van der Waals surface area contributed by atoms with Gasteiger partial charge in [-0.25, -0.2) is 0 Å². The highest BCUT2D eigenvalue weighted by Gasteiger charge is 2.43. The van der Waals surface area contributed by atoms with Gasteiger partial charge in [-0.05, 0) is 51.4 Å². The van der Waals surface area contributed by atoms with Crippen molar-refractivity contribution in [3.63, 3.8) is 0 Å². The maximum atomic E-state index is 13.7. The molecule has 1 unspecified atom stereocenters. The minimum absolute atomic E-state index is 0.119. The second kappa shape index (κ2) is 13.0. The number of carbonyl (C=O) groups excluding carboxylic acids is 3. The van der Waals surface area contributed by atoms with Gasteiger partial charge in [0.05, 0.1) is 6.04 Å². The second-order valence-corrected chi connectivity index (χ2v) is 10.9. The number of hydrogen-bond donors (Lipinski definition) is 2. The molecular weight excluding hydrogens is 480 g/mol. The summed E-state index contributed by atoms with van der Waals surface area (Å²) in [5.74, 6) is -0.359. The Morgan fingerprint density at radius 1 is 1.11 bits per heavy atom. The number of thioether (sulfide) groups is 1. The van der Waals surface area contributed by atoms with E-state index in [1.54, 1.807) is 12.1 Å². The lowest BCUT2D eigenvalue weighted by molar-refractivity contribution is -0.129. The molecule has 2 heterocycles. The van der Waals surface area contributed by atoms with Crippen molar-refractivity contribution in [2.24, 2.45) is 5.92 Å². The number of ketones is 1. The van der Waals surface area contributed by atoms with Gasteiger partial charge in [0.15, 0.2) is 0 Å². The first-order valence-electron chi connectivity index (χ1n) is 12.4. The highest BCUT2D eigenvalue weighted by Crippen LogP contribution is 2.29. The molecule has 0 radical (unpaired) electrons. The minimum atomic E-state index is -1.09. The number of carbonyl (C=O) groups is 3. The standard InChI is InChI=1S/C25H36N6O4S/c1-17(2)16-19(20(32)22-29-30-24(35-22)36-15-14-31(3)4)27-23(34)25(10-6-5-7-11-25)28-21(33)18-8-12-26-13-9-18/h8-9,12-13,17,19H,5-7,10-11,14-16H2,1-4H3,(H,27,34)(H,28,33). The van der Waals surface area contributed by atoms with Gasteiger partial charge in [-0.2, -0.15) is 0 Å². The average Bonchev–Trinajstić information content (AvgIpc) is 3.32. The van der Waals surface area contributed by atoms with E-state index in [2.05, 4.69) is 25.8 Å². The van der Waals surface area contributed by atoms with E-state index in [1.807, 2.05) is 32.8 Å². The Morgan fingerprint density at radius 3 is 2.44 bits per heavy atom. The van der Waals surface area contributed by atoms with Crippen molar-refractivity contribution < 1.29 is 18.8 Å². The molecule has 2 N–H and O–H groups in total. The average molecular weight is 517 g/mol. The Balaban J connectivity index is 1.75. The molecule has 3 rings (SSSR count). The summed E-state index contributed by atoms with van der Waals surface area (Å²) in [6.07, 6.45) is 7.11. The number of pyridine rings is 1. The lowest BCUT2D eigenvalue weighted by Gasteiger charge is -2.37. The van der Waals surface area contributed by atoms with Crippen molar-refractivity contribution in [1.29, 1.82) is 0 Å². The molecule has 1 saturated carbocycles. The van der Waals surface area contributed by atoms with Gasteiger partial charge >= 0.3 is 0 Å². The topological polar surface area (TPSA) is 130 Å². The Hall–Kier alpha value is -2.79. The number of amides is 2. The van der Waals surface area contributed by atoms with E-state index in [4.69, 9.17) is 4.42 Å². The minimum Gasteiger partial charge on any atom is -0.408 e. The van der Waals surface area contributed by atoms with Gasteiger partial charge in [-0.15, -0.1) is 10.2 Å². The maximum Gasteiger partial charge on any atom is 0.286 e. The number of aromatic nitrogens is 3. The maximum absolute atomic E-state index is 13.7. The third-order valence-corrected chi connectivity index (χ3v) is 6.95. The monoisotopic (exact) mass is 516 g/mol. The van der Waals surface area contributed by atoms with Crippen molar-refractivity contribution >= 4 is 29.4 Å². The largest absolute Gasteiger partial charge is 0.408 e. The van der Waals surface area contributed by atoms with Crippen LogP contribution in [0.4, 0.5) is 0 Å². The number of rotatable bonds is 12. The Bertz CT molecular complexity index is 1020. The molecule has 1 atom stereocenters. The molecule has 2 aromatic heterocycles. The van der Waals surface area contributed by atoms with Crippen LogP contribution >= 0.6 is 11.8 Å². The molecule has 11 heteroatoms. The molecule has 0 bridgehead atoms. The third-order valence-electron chi connectivity index (χ3n) is 6.15. The van der Waals surface area contributed by atoms with Crippen LogP contribution in [-0.4, -0.2) is 75.7 Å². The summed E-state index contributed by atoms with van der Waals surface area (Å²) in [6.45, 7) is 4.78. The SMILES string of the molecule is CC(C)CC(NC(=O)C1(NC(=O)c2ccncc2)CCCCC1)C(=O)c1nnc(SCCN(C)C)o1. The number of nitrogens with zero attached hydrogens (tertiary/aromatic N) is 4.